The SMILES string of the molecule is O=C(CN1CCN(c2ccc([N+](=O)[O-])cc2)CC1)Nc1cc(Cl)cc(Cl)c1. The number of carbonyl (C=O) groups excluding carboxylic acids is 1. The number of hydrogen-bond acceptors (Lipinski definition) is 5. The molecule has 1 N–H and O–H groups in total. The van der Waals surface area contributed by atoms with Crippen LogP contribution in [0.4, 0.5) is 17.1 Å². The first-order chi connectivity index (χ1) is 12.9. The van der Waals surface area contributed by atoms with Crippen LogP contribution in [0.5, 0.6) is 0 Å². The van der Waals surface area contributed by atoms with Crippen molar-refractivity contribution in [1.82, 2.24) is 4.90 Å². The zero-order valence-corrected chi connectivity index (χ0v) is 15.9. The molecular weight excluding hydrogens is 391 g/mol. The van der Waals surface area contributed by atoms with Crippen molar-refractivity contribution in [2.24, 2.45) is 0 Å². The summed E-state index contributed by atoms with van der Waals surface area (Å²) in [6, 6.07) is 11.4. The van der Waals surface area contributed by atoms with Crippen LogP contribution < -0.4 is 10.2 Å². The van der Waals surface area contributed by atoms with Crippen LogP contribution >= 0.6 is 23.2 Å². The van der Waals surface area contributed by atoms with E-state index in [-0.39, 0.29) is 18.1 Å². The molecule has 0 saturated carbocycles. The van der Waals surface area contributed by atoms with Gasteiger partial charge in [-0.05, 0) is 30.3 Å². The van der Waals surface area contributed by atoms with Crippen molar-refractivity contribution in [2.75, 3.05) is 42.9 Å². The highest BCUT2D eigenvalue weighted by atomic mass is 35.5. The Labute approximate surface area is 166 Å². The molecule has 0 spiro atoms. The fourth-order valence-corrected chi connectivity index (χ4v) is 3.51. The molecule has 1 aliphatic heterocycles. The molecule has 9 heteroatoms. The lowest BCUT2D eigenvalue weighted by molar-refractivity contribution is -0.384. The van der Waals surface area contributed by atoms with E-state index in [2.05, 4.69) is 15.1 Å². The van der Waals surface area contributed by atoms with Crippen LogP contribution in [0.25, 0.3) is 0 Å². The number of amides is 1. The number of nitrogens with one attached hydrogen (secondary N) is 1. The van der Waals surface area contributed by atoms with Crippen LogP contribution in [-0.4, -0.2) is 48.5 Å². The zero-order valence-electron chi connectivity index (χ0n) is 14.4. The predicted octanol–water partition coefficient (Wildman–Crippen LogP) is 3.66. The van der Waals surface area contributed by atoms with Gasteiger partial charge < -0.3 is 10.2 Å². The maximum absolute atomic E-state index is 12.2. The maximum atomic E-state index is 12.2. The van der Waals surface area contributed by atoms with Gasteiger partial charge in [0.2, 0.25) is 5.91 Å². The second kappa shape index (κ2) is 8.56. The van der Waals surface area contributed by atoms with E-state index in [4.69, 9.17) is 23.2 Å². The Kier molecular flexibility index (Phi) is 6.15. The third-order valence-corrected chi connectivity index (χ3v) is 4.75. The Morgan fingerprint density at radius 2 is 1.63 bits per heavy atom. The van der Waals surface area contributed by atoms with E-state index in [1.807, 2.05) is 0 Å². The highest BCUT2D eigenvalue weighted by molar-refractivity contribution is 6.35. The Morgan fingerprint density at radius 1 is 1.04 bits per heavy atom. The summed E-state index contributed by atoms with van der Waals surface area (Å²) in [7, 11) is 0. The highest BCUT2D eigenvalue weighted by Gasteiger charge is 2.20. The second-order valence-electron chi connectivity index (χ2n) is 6.24. The number of rotatable bonds is 5. The molecule has 2 aromatic rings. The largest absolute Gasteiger partial charge is 0.369 e. The Bertz CT molecular complexity index is 817. The molecule has 1 amide bonds. The Balaban J connectivity index is 1.50. The number of nitrogens with zero attached hydrogens (tertiary/aromatic N) is 3. The fourth-order valence-electron chi connectivity index (χ4n) is 2.98. The summed E-state index contributed by atoms with van der Waals surface area (Å²) < 4.78 is 0. The van der Waals surface area contributed by atoms with Crippen molar-refractivity contribution < 1.29 is 9.72 Å². The van der Waals surface area contributed by atoms with Crippen LogP contribution in [0.3, 0.4) is 0 Å². The van der Waals surface area contributed by atoms with Crippen LogP contribution in [0.2, 0.25) is 10.0 Å². The van der Waals surface area contributed by atoms with E-state index in [1.54, 1.807) is 30.3 Å². The number of hydrogen-bond donors (Lipinski definition) is 1. The minimum atomic E-state index is -0.409. The molecule has 0 radical (unpaired) electrons. The summed E-state index contributed by atoms with van der Waals surface area (Å²) in [6.45, 7) is 3.21. The number of non-ortho nitro benzene ring substituents is 1. The van der Waals surface area contributed by atoms with Crippen LogP contribution in [-0.2, 0) is 4.79 Å². The molecule has 0 atom stereocenters. The molecule has 0 unspecified atom stereocenters. The normalized spacial score (nSPS) is 14.8. The molecular formula is C18H18Cl2N4O3. The van der Waals surface area contributed by atoms with Gasteiger partial charge in [-0.25, -0.2) is 0 Å². The zero-order chi connectivity index (χ0) is 19.4. The third-order valence-electron chi connectivity index (χ3n) is 4.31. The monoisotopic (exact) mass is 408 g/mol. The first-order valence-corrected chi connectivity index (χ1v) is 9.14. The van der Waals surface area contributed by atoms with Gasteiger partial charge in [0.15, 0.2) is 0 Å². The number of nitro groups is 1. The Hall–Kier alpha value is -2.35. The molecule has 3 rings (SSSR count). The molecule has 1 saturated heterocycles. The van der Waals surface area contributed by atoms with E-state index >= 15 is 0 Å². The van der Waals surface area contributed by atoms with Gasteiger partial charge in [-0.15, -0.1) is 0 Å². The molecule has 2 aromatic carbocycles. The predicted molar refractivity (Wildman–Crippen MR) is 107 cm³/mol. The van der Waals surface area contributed by atoms with Crippen molar-refractivity contribution >= 4 is 46.2 Å². The minimum Gasteiger partial charge on any atom is -0.369 e. The molecule has 0 bridgehead atoms. The highest BCUT2D eigenvalue weighted by Crippen LogP contribution is 2.23. The topological polar surface area (TPSA) is 78.7 Å². The average Bonchev–Trinajstić information content (AvgIpc) is 2.61. The number of halogens is 2. The van der Waals surface area contributed by atoms with E-state index in [0.29, 0.717) is 15.7 Å². The van der Waals surface area contributed by atoms with Crippen molar-refractivity contribution in [1.29, 1.82) is 0 Å². The van der Waals surface area contributed by atoms with Gasteiger partial charge in [-0.1, -0.05) is 23.2 Å². The number of carbonyl (C=O) groups is 1. The van der Waals surface area contributed by atoms with Gasteiger partial charge in [0.25, 0.3) is 5.69 Å². The third kappa shape index (κ3) is 5.32. The molecule has 0 aromatic heterocycles. The molecule has 27 heavy (non-hydrogen) atoms. The summed E-state index contributed by atoms with van der Waals surface area (Å²) in [5.41, 5.74) is 1.59. The van der Waals surface area contributed by atoms with Crippen LogP contribution in [0.1, 0.15) is 0 Å². The fraction of sp³-hybridized carbons (Fsp3) is 0.278. The molecule has 1 aliphatic rings. The standard InChI is InChI=1S/C18H18Cl2N4O3/c19-13-9-14(20)11-15(10-13)21-18(25)12-22-5-7-23(8-6-22)16-1-3-17(4-2-16)24(26)27/h1-4,9-11H,5-8,12H2,(H,21,25). The van der Waals surface area contributed by atoms with E-state index in [9.17, 15) is 14.9 Å². The van der Waals surface area contributed by atoms with Gasteiger partial charge in [-0.3, -0.25) is 19.8 Å². The summed E-state index contributed by atoms with van der Waals surface area (Å²) in [6.07, 6.45) is 0. The lowest BCUT2D eigenvalue weighted by Crippen LogP contribution is -2.48. The number of nitro benzene ring substituents is 1. The smallest absolute Gasteiger partial charge is 0.269 e. The molecule has 7 nitrogen and oxygen atoms in total. The van der Waals surface area contributed by atoms with E-state index < -0.39 is 4.92 Å². The van der Waals surface area contributed by atoms with Crippen molar-refractivity contribution in [2.45, 2.75) is 0 Å². The summed E-state index contributed by atoms with van der Waals surface area (Å²) in [5, 5.41) is 14.5. The summed E-state index contributed by atoms with van der Waals surface area (Å²) in [5.74, 6) is -0.128. The van der Waals surface area contributed by atoms with Gasteiger partial charge in [0.1, 0.15) is 0 Å². The lowest BCUT2D eigenvalue weighted by atomic mass is 10.2. The van der Waals surface area contributed by atoms with Crippen molar-refractivity contribution in [3.05, 3.63) is 62.6 Å². The summed E-state index contributed by atoms with van der Waals surface area (Å²) in [4.78, 5) is 26.8. The van der Waals surface area contributed by atoms with E-state index in [1.165, 1.54) is 12.1 Å². The summed E-state index contributed by atoms with van der Waals surface area (Å²) >= 11 is 11.9. The van der Waals surface area contributed by atoms with Gasteiger partial charge in [0, 0.05) is 59.7 Å². The molecule has 1 heterocycles. The minimum absolute atomic E-state index is 0.0789. The number of anilines is 2. The quantitative estimate of drug-likeness (QED) is 0.602. The first kappa shape index (κ1) is 19.4. The second-order valence-corrected chi connectivity index (χ2v) is 7.12. The molecule has 0 aliphatic carbocycles. The maximum Gasteiger partial charge on any atom is 0.269 e. The van der Waals surface area contributed by atoms with Crippen LogP contribution in [0.15, 0.2) is 42.5 Å². The van der Waals surface area contributed by atoms with Gasteiger partial charge >= 0.3 is 0 Å². The first-order valence-electron chi connectivity index (χ1n) is 8.38. The van der Waals surface area contributed by atoms with Gasteiger partial charge in [-0.2, -0.15) is 0 Å². The molecule has 142 valence electrons. The average molecular weight is 409 g/mol. The van der Waals surface area contributed by atoms with E-state index in [0.717, 1.165) is 31.9 Å². The van der Waals surface area contributed by atoms with Crippen molar-refractivity contribution in [3.63, 3.8) is 0 Å². The Morgan fingerprint density at radius 3 is 2.19 bits per heavy atom. The number of piperazine rings is 1. The van der Waals surface area contributed by atoms with Crippen molar-refractivity contribution in [3.8, 4) is 0 Å². The van der Waals surface area contributed by atoms with Crippen LogP contribution in [0, 0.1) is 10.1 Å². The molecule has 1 fully saturated rings. The lowest BCUT2D eigenvalue weighted by Gasteiger charge is -2.35. The van der Waals surface area contributed by atoms with Gasteiger partial charge in [0.05, 0.1) is 11.5 Å². The number of benzene rings is 2.